The van der Waals surface area contributed by atoms with E-state index in [0.29, 0.717) is 33.9 Å². The van der Waals surface area contributed by atoms with E-state index < -0.39 is 32.3 Å². The summed E-state index contributed by atoms with van der Waals surface area (Å²) in [5.41, 5.74) is 1.46. The first-order valence-corrected chi connectivity index (χ1v) is 12.0. The third-order valence-corrected chi connectivity index (χ3v) is 6.89. The largest absolute Gasteiger partial charge is 0.454 e. The predicted molar refractivity (Wildman–Crippen MR) is 121 cm³/mol. The number of sulfonamides is 1. The second-order valence-electron chi connectivity index (χ2n) is 6.75. The van der Waals surface area contributed by atoms with Gasteiger partial charge < -0.3 is 4.74 Å². The Kier molecular flexibility index (Phi) is 5.59. The Labute approximate surface area is 199 Å². The van der Waals surface area contributed by atoms with Gasteiger partial charge in [-0.1, -0.05) is 11.6 Å². The van der Waals surface area contributed by atoms with Crippen molar-refractivity contribution in [2.24, 2.45) is 0 Å². The van der Waals surface area contributed by atoms with Gasteiger partial charge in [0.1, 0.15) is 22.8 Å². The van der Waals surface area contributed by atoms with Gasteiger partial charge in [0.25, 0.3) is 10.0 Å². The number of anilines is 1. The number of benzene rings is 2. The highest BCUT2D eigenvalue weighted by atomic mass is 35.5. The molecule has 5 aromatic rings. The molecular weight excluding hydrogens is 510 g/mol. The summed E-state index contributed by atoms with van der Waals surface area (Å²) in [4.78, 5) is 7.04. The Balaban J connectivity index is 1.53. The second kappa shape index (κ2) is 8.59. The van der Waals surface area contributed by atoms with Crippen molar-refractivity contribution in [3.8, 4) is 22.6 Å². The Morgan fingerprint density at radius 1 is 1.06 bits per heavy atom. The lowest BCUT2D eigenvalue weighted by atomic mass is 10.1. The molecule has 2 aromatic carbocycles. The molecule has 0 aliphatic heterocycles. The molecule has 9 nitrogen and oxygen atoms in total. The highest BCUT2D eigenvalue weighted by molar-refractivity contribution is 7.93. The molecule has 0 saturated heterocycles. The molecule has 3 heterocycles. The molecule has 5 rings (SSSR count). The number of aromatic nitrogens is 5. The standard InChI is InChI=1S/C20H11ClF2N6O3S2/c21-11-2-3-16(12(6-11)13-9-26-29-5-1-4-24-19(13)29)32-17-7-15(23)18(8-14(17)22)34(30,31)28-20-25-10-27-33-20/h1-10H,(H,25,27,28). The zero-order chi connectivity index (χ0) is 23.9. The van der Waals surface area contributed by atoms with Crippen LogP contribution in [-0.4, -0.2) is 32.4 Å². The van der Waals surface area contributed by atoms with Crippen LogP contribution in [0.1, 0.15) is 0 Å². The second-order valence-corrected chi connectivity index (χ2v) is 9.62. The zero-order valence-electron chi connectivity index (χ0n) is 16.7. The normalized spacial score (nSPS) is 11.6. The van der Waals surface area contributed by atoms with Gasteiger partial charge in [-0.2, -0.15) is 9.47 Å². The summed E-state index contributed by atoms with van der Waals surface area (Å²) in [7, 11) is -4.45. The number of nitrogens with zero attached hydrogens (tertiary/aromatic N) is 5. The first-order chi connectivity index (χ1) is 16.3. The van der Waals surface area contributed by atoms with Crippen molar-refractivity contribution in [3.05, 3.63) is 78.0 Å². The van der Waals surface area contributed by atoms with E-state index in [1.807, 2.05) is 4.72 Å². The number of fused-ring (bicyclic) bond motifs is 1. The zero-order valence-corrected chi connectivity index (χ0v) is 19.1. The van der Waals surface area contributed by atoms with E-state index in [-0.39, 0.29) is 10.9 Å². The van der Waals surface area contributed by atoms with Crippen molar-refractivity contribution in [2.45, 2.75) is 4.90 Å². The van der Waals surface area contributed by atoms with E-state index in [0.717, 1.165) is 17.9 Å². The van der Waals surface area contributed by atoms with E-state index in [1.54, 1.807) is 24.5 Å². The molecule has 0 amide bonds. The molecular formula is C20H11ClF2N6O3S2. The molecule has 1 N–H and O–H groups in total. The van der Waals surface area contributed by atoms with Crippen LogP contribution in [0.15, 0.2) is 66.2 Å². The van der Waals surface area contributed by atoms with Crippen molar-refractivity contribution in [1.82, 2.24) is 24.0 Å². The fraction of sp³-hybridized carbons (Fsp3) is 0. The lowest BCUT2D eigenvalue weighted by Crippen LogP contribution is -2.15. The van der Waals surface area contributed by atoms with Gasteiger partial charge in [0.05, 0.1) is 11.8 Å². The Morgan fingerprint density at radius 3 is 2.71 bits per heavy atom. The third kappa shape index (κ3) is 4.16. The first-order valence-electron chi connectivity index (χ1n) is 9.36. The quantitative estimate of drug-likeness (QED) is 0.343. The minimum atomic E-state index is -4.45. The van der Waals surface area contributed by atoms with Gasteiger partial charge in [-0.25, -0.2) is 31.7 Å². The number of ether oxygens (including phenoxy) is 1. The average molecular weight is 521 g/mol. The van der Waals surface area contributed by atoms with Crippen LogP contribution < -0.4 is 9.46 Å². The molecule has 14 heteroatoms. The molecule has 0 aliphatic rings. The smallest absolute Gasteiger partial charge is 0.266 e. The van der Waals surface area contributed by atoms with Crippen molar-refractivity contribution >= 4 is 43.9 Å². The number of nitrogens with one attached hydrogen (secondary N) is 1. The van der Waals surface area contributed by atoms with E-state index in [9.17, 15) is 17.2 Å². The summed E-state index contributed by atoms with van der Waals surface area (Å²) in [5, 5.41) is 4.49. The van der Waals surface area contributed by atoms with E-state index in [1.165, 1.54) is 22.8 Å². The van der Waals surface area contributed by atoms with Gasteiger partial charge in [-0.15, -0.1) is 0 Å². The molecule has 172 valence electrons. The minimum Gasteiger partial charge on any atom is -0.454 e. The number of halogens is 3. The van der Waals surface area contributed by atoms with Crippen LogP contribution in [0.5, 0.6) is 11.5 Å². The molecule has 0 aliphatic carbocycles. The van der Waals surface area contributed by atoms with E-state index in [4.69, 9.17) is 16.3 Å². The van der Waals surface area contributed by atoms with Crippen LogP contribution in [0.2, 0.25) is 5.02 Å². The molecule has 0 fully saturated rings. The fourth-order valence-corrected chi connectivity index (χ4v) is 5.03. The molecule has 34 heavy (non-hydrogen) atoms. The topological polar surface area (TPSA) is 111 Å². The number of rotatable bonds is 6. The molecule has 3 aromatic heterocycles. The Bertz CT molecular complexity index is 1630. The summed E-state index contributed by atoms with van der Waals surface area (Å²) in [6.45, 7) is 0. The minimum absolute atomic E-state index is 0.0899. The molecule has 0 bridgehead atoms. The Hall–Kier alpha value is -3.68. The summed E-state index contributed by atoms with van der Waals surface area (Å²) in [5.74, 6) is -2.72. The van der Waals surface area contributed by atoms with Gasteiger partial charge >= 0.3 is 0 Å². The summed E-state index contributed by atoms with van der Waals surface area (Å²) >= 11 is 6.90. The molecule has 0 unspecified atom stereocenters. The average Bonchev–Trinajstić information content (AvgIpc) is 3.46. The first kappa shape index (κ1) is 22.1. The summed E-state index contributed by atoms with van der Waals surface area (Å²) < 4.78 is 67.4. The van der Waals surface area contributed by atoms with Gasteiger partial charge in [0, 0.05) is 46.6 Å². The molecule has 0 saturated carbocycles. The lowest BCUT2D eigenvalue weighted by Gasteiger charge is -2.13. The van der Waals surface area contributed by atoms with Crippen LogP contribution in [0.3, 0.4) is 0 Å². The van der Waals surface area contributed by atoms with Gasteiger partial charge in [-0.05, 0) is 24.3 Å². The van der Waals surface area contributed by atoms with Crippen LogP contribution in [0, 0.1) is 11.6 Å². The number of hydrogen-bond acceptors (Lipinski definition) is 8. The molecule has 0 spiro atoms. The summed E-state index contributed by atoms with van der Waals surface area (Å²) in [6, 6.07) is 7.44. The maximum absolute atomic E-state index is 14.9. The SMILES string of the molecule is O=S(=O)(Nc1ncns1)c1cc(F)c(Oc2ccc(Cl)cc2-c2cnn3cccnc23)cc1F. The van der Waals surface area contributed by atoms with E-state index >= 15 is 0 Å². The number of hydrogen-bond donors (Lipinski definition) is 1. The van der Waals surface area contributed by atoms with E-state index in [2.05, 4.69) is 19.4 Å². The van der Waals surface area contributed by atoms with Crippen LogP contribution in [-0.2, 0) is 10.0 Å². The Morgan fingerprint density at radius 2 is 1.91 bits per heavy atom. The third-order valence-electron chi connectivity index (χ3n) is 4.59. The highest BCUT2D eigenvalue weighted by Gasteiger charge is 2.24. The van der Waals surface area contributed by atoms with Gasteiger partial charge in [-0.3, -0.25) is 4.72 Å². The van der Waals surface area contributed by atoms with Gasteiger partial charge in [0.15, 0.2) is 17.2 Å². The molecule has 0 atom stereocenters. The van der Waals surface area contributed by atoms with Crippen LogP contribution in [0.25, 0.3) is 16.8 Å². The van der Waals surface area contributed by atoms with Crippen molar-refractivity contribution in [3.63, 3.8) is 0 Å². The van der Waals surface area contributed by atoms with Crippen molar-refractivity contribution in [2.75, 3.05) is 4.72 Å². The molecule has 0 radical (unpaired) electrons. The van der Waals surface area contributed by atoms with Gasteiger partial charge in [0.2, 0.25) is 5.13 Å². The maximum atomic E-state index is 14.9. The fourth-order valence-electron chi connectivity index (χ4n) is 3.12. The monoisotopic (exact) mass is 520 g/mol. The van der Waals surface area contributed by atoms with Crippen LogP contribution in [0.4, 0.5) is 13.9 Å². The van der Waals surface area contributed by atoms with Crippen molar-refractivity contribution in [1.29, 1.82) is 0 Å². The lowest BCUT2D eigenvalue weighted by molar-refractivity contribution is 0.433. The predicted octanol–water partition coefficient (Wildman–Crippen LogP) is 4.77. The maximum Gasteiger partial charge on any atom is 0.266 e. The summed E-state index contributed by atoms with van der Waals surface area (Å²) in [6.07, 6.45) is 5.93. The van der Waals surface area contributed by atoms with Crippen molar-refractivity contribution < 1.29 is 21.9 Å². The van der Waals surface area contributed by atoms with Crippen LogP contribution >= 0.6 is 23.1 Å². The highest BCUT2D eigenvalue weighted by Crippen LogP contribution is 2.38.